The highest BCUT2D eigenvalue weighted by molar-refractivity contribution is 7.20. The molecule has 1 heteroatoms. The van der Waals surface area contributed by atoms with Gasteiger partial charge in [0, 0.05) is 20.5 Å². The van der Waals surface area contributed by atoms with Crippen molar-refractivity contribution < 1.29 is 0 Å². The van der Waals surface area contributed by atoms with Gasteiger partial charge in [-0.05, 0) is 100 Å². The van der Waals surface area contributed by atoms with Gasteiger partial charge >= 0.3 is 0 Å². The largest absolute Gasteiger partial charge is 0.138 e. The number of hydrogen-bond donors (Lipinski definition) is 0. The maximum Gasteiger partial charge on any atom is 0.0819 e. The zero-order valence-corrected chi connectivity index (χ0v) is 31.4. The van der Waals surface area contributed by atoms with E-state index in [0.29, 0.717) is 0 Å². The first-order chi connectivity index (χ1) is 27.8. The van der Waals surface area contributed by atoms with E-state index < -0.39 is 0 Å². The second-order valence-corrected chi connectivity index (χ2v) is 16.2. The molecule has 0 saturated carbocycles. The SMILES string of the molecule is C(=C(/c1ccc(-c2cccc3c2-c2c(sc4ccccc24)C32c3ccccc3-c3ccccc32)cc1)c1cccc2ccccc12)/c1cccc2ccccc12. The summed E-state index contributed by atoms with van der Waals surface area (Å²) in [4.78, 5) is 1.44. The minimum atomic E-state index is -0.361. The van der Waals surface area contributed by atoms with Crippen LogP contribution in [-0.4, -0.2) is 0 Å². The molecule has 260 valence electrons. The summed E-state index contributed by atoms with van der Waals surface area (Å²) in [5.41, 5.74) is 16.6. The fourth-order valence-corrected chi connectivity index (χ4v) is 11.4. The van der Waals surface area contributed by atoms with Crippen molar-refractivity contribution in [2.75, 3.05) is 0 Å². The summed E-state index contributed by atoms with van der Waals surface area (Å²) in [6.07, 6.45) is 2.39. The Labute approximate surface area is 330 Å². The second-order valence-electron chi connectivity index (χ2n) is 15.1. The molecule has 0 nitrogen and oxygen atoms in total. The quantitative estimate of drug-likeness (QED) is 0.158. The molecule has 56 heavy (non-hydrogen) atoms. The van der Waals surface area contributed by atoms with Crippen LogP contribution in [0.2, 0.25) is 0 Å². The Morgan fingerprint density at radius 1 is 0.411 bits per heavy atom. The van der Waals surface area contributed by atoms with Crippen LogP contribution in [0.5, 0.6) is 0 Å². The zero-order valence-electron chi connectivity index (χ0n) is 30.5. The van der Waals surface area contributed by atoms with E-state index in [-0.39, 0.29) is 5.41 Å². The lowest BCUT2D eigenvalue weighted by atomic mass is 9.73. The van der Waals surface area contributed by atoms with Crippen LogP contribution >= 0.6 is 11.3 Å². The van der Waals surface area contributed by atoms with Gasteiger partial charge in [0.25, 0.3) is 0 Å². The van der Waals surface area contributed by atoms with Crippen LogP contribution in [-0.2, 0) is 5.41 Å². The van der Waals surface area contributed by atoms with E-state index in [1.165, 1.54) is 109 Å². The van der Waals surface area contributed by atoms with Crippen LogP contribution in [0, 0.1) is 0 Å². The molecular weight excluding hydrogens is 693 g/mol. The molecule has 0 radical (unpaired) electrons. The summed E-state index contributed by atoms with van der Waals surface area (Å²) in [6.45, 7) is 0. The third-order valence-corrected chi connectivity index (χ3v) is 13.6. The van der Waals surface area contributed by atoms with E-state index >= 15 is 0 Å². The summed E-state index contributed by atoms with van der Waals surface area (Å²) in [5.74, 6) is 0. The number of thiophene rings is 1. The van der Waals surface area contributed by atoms with Gasteiger partial charge in [0.05, 0.1) is 5.41 Å². The van der Waals surface area contributed by atoms with Gasteiger partial charge < -0.3 is 0 Å². The predicted molar refractivity (Wildman–Crippen MR) is 238 cm³/mol. The Balaban J connectivity index is 1.08. The number of rotatable bonds is 4. The maximum atomic E-state index is 2.40. The molecule has 0 N–H and O–H groups in total. The molecule has 0 fully saturated rings. The molecular formula is C55H34S. The van der Waals surface area contributed by atoms with Crippen LogP contribution in [0.4, 0.5) is 0 Å². The van der Waals surface area contributed by atoms with Crippen LogP contribution in [0.25, 0.3) is 76.7 Å². The fraction of sp³-hybridized carbons (Fsp3) is 0.0182. The van der Waals surface area contributed by atoms with Crippen molar-refractivity contribution in [3.8, 4) is 33.4 Å². The molecule has 1 aromatic heterocycles. The average molecular weight is 727 g/mol. The summed E-state index contributed by atoms with van der Waals surface area (Å²) in [5, 5.41) is 6.34. The molecule has 0 saturated heterocycles. The first-order valence-corrected chi connectivity index (χ1v) is 20.2. The third kappa shape index (κ3) is 4.35. The number of hydrogen-bond acceptors (Lipinski definition) is 1. The van der Waals surface area contributed by atoms with Crippen molar-refractivity contribution >= 4 is 54.6 Å². The molecule has 12 rings (SSSR count). The predicted octanol–water partition coefficient (Wildman–Crippen LogP) is 14.8. The van der Waals surface area contributed by atoms with E-state index in [9.17, 15) is 0 Å². The minimum Gasteiger partial charge on any atom is -0.138 e. The Kier molecular flexibility index (Phi) is 6.82. The van der Waals surface area contributed by atoms with Gasteiger partial charge in [-0.15, -0.1) is 11.3 Å². The first-order valence-electron chi connectivity index (χ1n) is 19.4. The van der Waals surface area contributed by atoms with Crippen molar-refractivity contribution in [3.63, 3.8) is 0 Å². The van der Waals surface area contributed by atoms with Gasteiger partial charge in [0.15, 0.2) is 0 Å². The Morgan fingerprint density at radius 2 is 0.964 bits per heavy atom. The molecule has 0 bridgehead atoms. The normalized spacial score (nSPS) is 13.6. The van der Waals surface area contributed by atoms with Gasteiger partial charge in [0.2, 0.25) is 0 Å². The Morgan fingerprint density at radius 3 is 1.73 bits per heavy atom. The van der Waals surface area contributed by atoms with Gasteiger partial charge in [-0.1, -0.05) is 194 Å². The molecule has 0 atom stereocenters. The lowest BCUT2D eigenvalue weighted by molar-refractivity contribution is 0.812. The molecule has 1 heterocycles. The molecule has 9 aromatic carbocycles. The van der Waals surface area contributed by atoms with Gasteiger partial charge in [0.1, 0.15) is 0 Å². The lowest BCUT2D eigenvalue weighted by Crippen LogP contribution is -2.24. The smallest absolute Gasteiger partial charge is 0.0819 e. The molecule has 0 aliphatic heterocycles. The standard InChI is InChI=1S/C55H34S/c1-3-19-40-35(14-1)16-11-18-39(40)34-47(43-25-12-17-36-15-2-4-20-41(36)43)38-32-30-37(31-33-38)42-24-13-28-50-52(42)53-46-23-7-10-29-51(46)56-54(53)55(50)48-26-8-5-21-44(48)45-22-6-9-27-49(45)55/h1-34H/b47-34+. The van der Waals surface area contributed by atoms with E-state index in [4.69, 9.17) is 0 Å². The molecule has 2 aliphatic rings. The second kappa shape index (κ2) is 12.1. The number of fused-ring (bicyclic) bond motifs is 14. The van der Waals surface area contributed by atoms with Crippen LogP contribution in [0.15, 0.2) is 200 Å². The maximum absolute atomic E-state index is 2.40. The Bertz CT molecular complexity index is 3190. The van der Waals surface area contributed by atoms with Gasteiger partial charge in [-0.3, -0.25) is 0 Å². The summed E-state index contributed by atoms with van der Waals surface area (Å²) < 4.78 is 1.34. The highest BCUT2D eigenvalue weighted by Crippen LogP contribution is 2.67. The number of benzene rings is 9. The van der Waals surface area contributed by atoms with Crippen molar-refractivity contribution in [1.29, 1.82) is 0 Å². The van der Waals surface area contributed by atoms with Crippen LogP contribution in [0.3, 0.4) is 0 Å². The van der Waals surface area contributed by atoms with E-state index in [2.05, 4.69) is 206 Å². The summed E-state index contributed by atoms with van der Waals surface area (Å²) in [7, 11) is 0. The van der Waals surface area contributed by atoms with Gasteiger partial charge in [-0.2, -0.15) is 0 Å². The van der Waals surface area contributed by atoms with E-state index in [1.807, 2.05) is 11.3 Å². The van der Waals surface area contributed by atoms with Crippen molar-refractivity contribution in [3.05, 3.63) is 238 Å². The van der Waals surface area contributed by atoms with Crippen molar-refractivity contribution in [2.45, 2.75) is 5.41 Å². The monoisotopic (exact) mass is 726 g/mol. The van der Waals surface area contributed by atoms with E-state index in [1.54, 1.807) is 0 Å². The summed E-state index contributed by atoms with van der Waals surface area (Å²) >= 11 is 1.97. The topological polar surface area (TPSA) is 0 Å². The highest BCUT2D eigenvalue weighted by Gasteiger charge is 2.53. The molecule has 0 amide bonds. The summed E-state index contributed by atoms with van der Waals surface area (Å²) in [6, 6.07) is 74.3. The van der Waals surface area contributed by atoms with Crippen LogP contribution in [0.1, 0.15) is 38.3 Å². The van der Waals surface area contributed by atoms with Gasteiger partial charge in [-0.25, -0.2) is 0 Å². The molecule has 0 unspecified atom stereocenters. The van der Waals surface area contributed by atoms with Crippen LogP contribution < -0.4 is 0 Å². The third-order valence-electron chi connectivity index (χ3n) is 12.3. The zero-order chi connectivity index (χ0) is 36.8. The minimum absolute atomic E-state index is 0.361. The highest BCUT2D eigenvalue weighted by atomic mass is 32.1. The average Bonchev–Trinajstić information content (AvgIpc) is 3.89. The molecule has 2 aliphatic carbocycles. The van der Waals surface area contributed by atoms with E-state index in [0.717, 1.165) is 0 Å². The molecule has 10 aromatic rings. The van der Waals surface area contributed by atoms with Crippen molar-refractivity contribution in [2.24, 2.45) is 0 Å². The fourth-order valence-electron chi connectivity index (χ4n) is 9.96. The van der Waals surface area contributed by atoms with Crippen molar-refractivity contribution in [1.82, 2.24) is 0 Å². The molecule has 1 spiro atoms. The first kappa shape index (κ1) is 31.5. The lowest BCUT2D eigenvalue weighted by Gasteiger charge is -2.29. The Hall–Kier alpha value is -6.80.